The highest BCUT2D eigenvalue weighted by molar-refractivity contribution is 4.71. The molecule has 1 aliphatic carbocycles. The second kappa shape index (κ2) is 8.93. The van der Waals surface area contributed by atoms with Crippen LogP contribution in [-0.4, -0.2) is 25.8 Å². The molecule has 0 aromatic rings. The summed E-state index contributed by atoms with van der Waals surface area (Å²) in [5.74, 6) is 0. The van der Waals surface area contributed by atoms with Gasteiger partial charge in [-0.05, 0) is 32.2 Å². The van der Waals surface area contributed by atoms with Gasteiger partial charge in [0.15, 0.2) is 0 Å². The molecule has 0 saturated heterocycles. The van der Waals surface area contributed by atoms with Crippen molar-refractivity contribution in [1.82, 2.24) is 5.32 Å². The van der Waals surface area contributed by atoms with Crippen molar-refractivity contribution in [1.29, 1.82) is 0 Å². The molecule has 0 heterocycles. The molecule has 1 fully saturated rings. The third kappa shape index (κ3) is 6.69. The van der Waals surface area contributed by atoms with E-state index in [4.69, 9.17) is 4.74 Å². The Bertz CT molecular complexity index is 153. The topological polar surface area (TPSA) is 21.3 Å². The van der Waals surface area contributed by atoms with Gasteiger partial charge in [0, 0.05) is 19.3 Å². The van der Waals surface area contributed by atoms with Crippen molar-refractivity contribution in [2.45, 2.75) is 51.0 Å². The Morgan fingerprint density at radius 3 is 2.73 bits per heavy atom. The fourth-order valence-corrected chi connectivity index (χ4v) is 2.06. The maximum absolute atomic E-state index is 5.45. The zero-order valence-electron chi connectivity index (χ0n) is 9.84. The fraction of sp³-hybridized carbons (Fsp3) is 0.846. The van der Waals surface area contributed by atoms with E-state index in [-0.39, 0.29) is 0 Å². The maximum Gasteiger partial charge on any atom is 0.0500 e. The van der Waals surface area contributed by atoms with E-state index in [1.807, 2.05) is 6.08 Å². The molecule has 2 heteroatoms. The van der Waals surface area contributed by atoms with E-state index in [1.165, 1.54) is 32.1 Å². The van der Waals surface area contributed by atoms with Crippen LogP contribution < -0.4 is 5.32 Å². The summed E-state index contributed by atoms with van der Waals surface area (Å²) in [5.41, 5.74) is 0. The zero-order valence-corrected chi connectivity index (χ0v) is 9.84. The average molecular weight is 211 g/mol. The largest absolute Gasteiger partial charge is 0.381 e. The van der Waals surface area contributed by atoms with Gasteiger partial charge in [0.2, 0.25) is 0 Å². The minimum absolute atomic E-state index is 0.784. The number of rotatable bonds is 8. The molecular formula is C13H25NO. The Kier molecular flexibility index (Phi) is 7.58. The summed E-state index contributed by atoms with van der Waals surface area (Å²) in [5, 5.41) is 3.61. The highest BCUT2D eigenvalue weighted by Gasteiger charge is 2.11. The van der Waals surface area contributed by atoms with E-state index in [9.17, 15) is 0 Å². The number of nitrogens with one attached hydrogen (secondary N) is 1. The van der Waals surface area contributed by atoms with Crippen molar-refractivity contribution in [2.75, 3.05) is 19.8 Å². The second-order valence-electron chi connectivity index (χ2n) is 4.33. The molecule has 0 radical (unpaired) electrons. The predicted molar refractivity (Wildman–Crippen MR) is 65.1 cm³/mol. The molecule has 2 nitrogen and oxygen atoms in total. The van der Waals surface area contributed by atoms with Crippen molar-refractivity contribution in [3.05, 3.63) is 12.7 Å². The molecule has 1 rings (SSSR count). The van der Waals surface area contributed by atoms with E-state index >= 15 is 0 Å². The molecule has 0 aromatic carbocycles. The normalized spacial score (nSPS) is 17.9. The monoisotopic (exact) mass is 211 g/mol. The van der Waals surface area contributed by atoms with Crippen LogP contribution >= 0.6 is 0 Å². The first-order valence-corrected chi connectivity index (χ1v) is 6.35. The summed E-state index contributed by atoms with van der Waals surface area (Å²) in [6.45, 7) is 6.48. The van der Waals surface area contributed by atoms with Crippen LogP contribution in [0.2, 0.25) is 0 Å². The van der Waals surface area contributed by atoms with Crippen LogP contribution in [0, 0.1) is 0 Å². The molecular weight excluding hydrogens is 186 g/mol. The molecule has 0 aliphatic heterocycles. The molecule has 0 aromatic heterocycles. The number of hydrogen-bond donors (Lipinski definition) is 1. The van der Waals surface area contributed by atoms with Crippen molar-refractivity contribution in [3.8, 4) is 0 Å². The maximum atomic E-state index is 5.45. The molecule has 0 unspecified atom stereocenters. The lowest BCUT2D eigenvalue weighted by atomic mass is 9.95. The van der Waals surface area contributed by atoms with Gasteiger partial charge in [-0.15, -0.1) is 6.58 Å². The van der Waals surface area contributed by atoms with Gasteiger partial charge < -0.3 is 10.1 Å². The number of hydrogen-bond acceptors (Lipinski definition) is 2. The van der Waals surface area contributed by atoms with Gasteiger partial charge in [-0.3, -0.25) is 0 Å². The number of ether oxygens (including phenoxy) is 1. The van der Waals surface area contributed by atoms with Crippen LogP contribution in [0.25, 0.3) is 0 Å². The lowest BCUT2D eigenvalue weighted by molar-refractivity contribution is 0.135. The molecule has 15 heavy (non-hydrogen) atoms. The van der Waals surface area contributed by atoms with Crippen LogP contribution in [0.4, 0.5) is 0 Å². The quantitative estimate of drug-likeness (QED) is 0.492. The Hall–Kier alpha value is -0.340. The third-order valence-corrected chi connectivity index (χ3v) is 2.97. The highest BCUT2D eigenvalue weighted by Crippen LogP contribution is 2.17. The third-order valence-electron chi connectivity index (χ3n) is 2.97. The molecule has 0 amide bonds. The first-order chi connectivity index (χ1) is 7.43. The van der Waals surface area contributed by atoms with Gasteiger partial charge in [0.05, 0.1) is 0 Å². The van der Waals surface area contributed by atoms with Gasteiger partial charge >= 0.3 is 0 Å². The molecule has 88 valence electrons. The Balaban J connectivity index is 1.81. The lowest BCUT2D eigenvalue weighted by Gasteiger charge is -2.22. The molecule has 1 aliphatic rings. The Morgan fingerprint density at radius 1 is 1.20 bits per heavy atom. The van der Waals surface area contributed by atoms with Gasteiger partial charge in [-0.25, -0.2) is 0 Å². The predicted octanol–water partition coefficient (Wildman–Crippen LogP) is 2.89. The van der Waals surface area contributed by atoms with E-state index in [2.05, 4.69) is 11.9 Å². The van der Waals surface area contributed by atoms with Gasteiger partial charge in [-0.2, -0.15) is 0 Å². The van der Waals surface area contributed by atoms with Crippen molar-refractivity contribution < 1.29 is 4.74 Å². The summed E-state index contributed by atoms with van der Waals surface area (Å²) < 4.78 is 5.45. The summed E-state index contributed by atoms with van der Waals surface area (Å²) in [7, 11) is 0. The first-order valence-electron chi connectivity index (χ1n) is 6.35. The van der Waals surface area contributed by atoms with Gasteiger partial charge in [-0.1, -0.05) is 25.3 Å². The van der Waals surface area contributed by atoms with Crippen LogP contribution in [0.15, 0.2) is 12.7 Å². The van der Waals surface area contributed by atoms with E-state index in [0.717, 1.165) is 38.6 Å². The second-order valence-corrected chi connectivity index (χ2v) is 4.33. The summed E-state index contributed by atoms with van der Waals surface area (Å²) in [6.07, 6.45) is 11.0. The molecule has 0 atom stereocenters. The van der Waals surface area contributed by atoms with E-state index in [0.29, 0.717) is 0 Å². The van der Waals surface area contributed by atoms with Crippen molar-refractivity contribution >= 4 is 0 Å². The zero-order chi connectivity index (χ0) is 10.8. The summed E-state index contributed by atoms with van der Waals surface area (Å²) >= 11 is 0. The summed E-state index contributed by atoms with van der Waals surface area (Å²) in [6, 6.07) is 0.784. The van der Waals surface area contributed by atoms with Gasteiger partial charge in [0.25, 0.3) is 0 Å². The standard InChI is InChI=1S/C13H25NO/c1-2-3-11-15-12-7-10-14-13-8-5-4-6-9-13/h2,13-14H,1,3-12H2. The van der Waals surface area contributed by atoms with Crippen LogP contribution in [-0.2, 0) is 4.74 Å². The van der Waals surface area contributed by atoms with Crippen molar-refractivity contribution in [2.24, 2.45) is 0 Å². The molecule has 1 N–H and O–H groups in total. The molecule has 0 bridgehead atoms. The van der Waals surface area contributed by atoms with Crippen LogP contribution in [0.5, 0.6) is 0 Å². The smallest absolute Gasteiger partial charge is 0.0500 e. The Labute approximate surface area is 94.1 Å². The molecule has 0 spiro atoms. The minimum Gasteiger partial charge on any atom is -0.381 e. The average Bonchev–Trinajstić information content (AvgIpc) is 2.29. The first kappa shape index (κ1) is 12.7. The fourth-order valence-electron chi connectivity index (χ4n) is 2.06. The summed E-state index contributed by atoms with van der Waals surface area (Å²) in [4.78, 5) is 0. The van der Waals surface area contributed by atoms with Gasteiger partial charge in [0.1, 0.15) is 0 Å². The highest BCUT2D eigenvalue weighted by atomic mass is 16.5. The van der Waals surface area contributed by atoms with E-state index in [1.54, 1.807) is 0 Å². The minimum atomic E-state index is 0.784. The van der Waals surface area contributed by atoms with Crippen LogP contribution in [0.3, 0.4) is 0 Å². The Morgan fingerprint density at radius 2 is 2.00 bits per heavy atom. The van der Waals surface area contributed by atoms with Crippen LogP contribution in [0.1, 0.15) is 44.9 Å². The van der Waals surface area contributed by atoms with E-state index < -0.39 is 0 Å². The SMILES string of the molecule is C=CCCOCCCNC1CCCCC1. The van der Waals surface area contributed by atoms with Crippen molar-refractivity contribution in [3.63, 3.8) is 0 Å². The molecule has 1 saturated carbocycles. The lowest BCUT2D eigenvalue weighted by Crippen LogP contribution is -2.32.